The monoisotopic (exact) mass is 349 g/mol. The van der Waals surface area contributed by atoms with E-state index in [4.69, 9.17) is 34.8 Å². The van der Waals surface area contributed by atoms with E-state index in [2.05, 4.69) is 5.73 Å². The van der Waals surface area contributed by atoms with Crippen molar-refractivity contribution in [2.45, 2.75) is 29.7 Å². The van der Waals surface area contributed by atoms with Crippen molar-refractivity contribution in [3.8, 4) is 0 Å². The molecule has 1 aromatic carbocycles. The number of primary amides is 1. The Bertz CT molecular complexity index is 439. The molecule has 8 heteroatoms. The lowest BCUT2D eigenvalue weighted by Gasteiger charge is -2.09. The van der Waals surface area contributed by atoms with Crippen molar-refractivity contribution < 1.29 is 18.0 Å². The molecule has 0 aliphatic carbocycles. The Labute approximate surface area is 130 Å². The van der Waals surface area contributed by atoms with Gasteiger partial charge in [0.05, 0.1) is 5.56 Å². The van der Waals surface area contributed by atoms with Crippen molar-refractivity contribution in [3.05, 3.63) is 35.4 Å². The molecule has 0 bridgehead atoms. The molecular formula is C12H13Cl3F3NO. The number of halogens is 6. The zero-order chi connectivity index (χ0) is 16.1. The van der Waals surface area contributed by atoms with Gasteiger partial charge in [0.25, 0.3) is 9.70 Å². The predicted octanol–water partition coefficient (Wildman–Crippen LogP) is 4.67. The fourth-order valence-corrected chi connectivity index (χ4v) is 1.06. The molecule has 0 aliphatic rings. The van der Waals surface area contributed by atoms with E-state index >= 15 is 0 Å². The van der Waals surface area contributed by atoms with E-state index in [-0.39, 0.29) is 5.92 Å². The van der Waals surface area contributed by atoms with E-state index in [9.17, 15) is 18.0 Å². The van der Waals surface area contributed by atoms with Crippen LogP contribution in [-0.2, 0) is 11.0 Å². The second-order valence-electron chi connectivity index (χ2n) is 4.14. The van der Waals surface area contributed by atoms with E-state index in [0.29, 0.717) is 0 Å². The fourth-order valence-electron chi connectivity index (χ4n) is 1.06. The molecule has 0 radical (unpaired) electrons. The van der Waals surface area contributed by atoms with Gasteiger partial charge in [-0.15, -0.1) is 0 Å². The van der Waals surface area contributed by atoms with Crippen molar-refractivity contribution in [1.29, 1.82) is 0 Å². The highest BCUT2D eigenvalue weighted by Crippen LogP contribution is 2.30. The van der Waals surface area contributed by atoms with Gasteiger partial charge in [-0.2, -0.15) is 13.2 Å². The summed E-state index contributed by atoms with van der Waals surface area (Å²) in [4.78, 5) is 9.85. The minimum Gasteiger partial charge on any atom is -0.366 e. The number of amides is 1. The van der Waals surface area contributed by atoms with Crippen molar-refractivity contribution in [3.63, 3.8) is 0 Å². The summed E-state index contributed by atoms with van der Waals surface area (Å²) in [7, 11) is 0. The van der Waals surface area contributed by atoms with Crippen LogP contribution in [0.1, 0.15) is 30.9 Å². The first-order valence-electron chi connectivity index (χ1n) is 5.39. The van der Waals surface area contributed by atoms with Crippen LogP contribution < -0.4 is 5.73 Å². The molecule has 0 aliphatic heterocycles. The summed E-state index contributed by atoms with van der Waals surface area (Å²) in [5.74, 6) is -0.695. The highest BCUT2D eigenvalue weighted by molar-refractivity contribution is 6.76. The molecule has 0 unspecified atom stereocenters. The average molecular weight is 351 g/mol. The van der Waals surface area contributed by atoms with Gasteiger partial charge < -0.3 is 5.73 Å². The van der Waals surface area contributed by atoms with Crippen LogP contribution in [0.25, 0.3) is 0 Å². The number of hydrogen-bond acceptors (Lipinski definition) is 1. The van der Waals surface area contributed by atoms with Crippen molar-refractivity contribution in [1.82, 2.24) is 0 Å². The Balaban J connectivity index is 0.000000441. The van der Waals surface area contributed by atoms with Gasteiger partial charge in [0.2, 0.25) is 0 Å². The summed E-state index contributed by atoms with van der Waals surface area (Å²) < 4.78 is 34.4. The third kappa shape index (κ3) is 7.22. The van der Waals surface area contributed by atoms with Crippen molar-refractivity contribution in [2.75, 3.05) is 0 Å². The summed E-state index contributed by atoms with van der Waals surface area (Å²) in [6.45, 7) is 3.89. The Morgan fingerprint density at radius 1 is 1.10 bits per heavy atom. The second kappa shape index (κ2) is 7.38. The number of carbonyl (C=O) groups is 1. The number of alkyl halides is 6. The summed E-state index contributed by atoms with van der Waals surface area (Å²) in [5, 5.41) is 0. The summed E-state index contributed by atoms with van der Waals surface area (Å²) in [6.07, 6.45) is -4.23. The number of benzene rings is 1. The van der Waals surface area contributed by atoms with Gasteiger partial charge in [0.15, 0.2) is 0 Å². The van der Waals surface area contributed by atoms with Gasteiger partial charge in [0.1, 0.15) is 0 Å². The number of rotatable bonds is 1. The quantitative estimate of drug-likeness (QED) is 0.735. The van der Waals surface area contributed by atoms with E-state index < -0.39 is 21.4 Å². The van der Waals surface area contributed by atoms with Gasteiger partial charge in [-0.3, -0.25) is 4.79 Å². The lowest BCUT2D eigenvalue weighted by atomic mass is 10.0. The fraction of sp³-hybridized carbons (Fsp3) is 0.417. The largest absolute Gasteiger partial charge is 0.416 e. The maximum absolute atomic E-state index is 12.1. The zero-order valence-corrected chi connectivity index (χ0v) is 12.9. The molecule has 0 aromatic heterocycles. The molecular weight excluding hydrogens is 337 g/mol. The third-order valence-electron chi connectivity index (χ3n) is 2.18. The zero-order valence-electron chi connectivity index (χ0n) is 10.6. The SMILES string of the molecule is CC(C)c1ccc(C(F)(F)F)cc1.NC(=O)C(Cl)(Cl)Cl. The molecule has 0 saturated heterocycles. The minimum atomic E-state index is -4.23. The molecule has 0 spiro atoms. The number of carbonyl (C=O) groups excluding carboxylic acids is 1. The second-order valence-corrected chi connectivity index (χ2v) is 6.42. The van der Waals surface area contributed by atoms with Crippen LogP contribution in [-0.4, -0.2) is 9.70 Å². The lowest BCUT2D eigenvalue weighted by molar-refractivity contribution is -0.137. The minimum absolute atomic E-state index is 0.266. The van der Waals surface area contributed by atoms with Crippen LogP contribution in [0.4, 0.5) is 13.2 Å². The van der Waals surface area contributed by atoms with E-state index in [1.54, 1.807) is 0 Å². The van der Waals surface area contributed by atoms with Crippen LogP contribution in [0.15, 0.2) is 24.3 Å². The Morgan fingerprint density at radius 2 is 1.45 bits per heavy atom. The molecule has 0 fully saturated rings. The van der Waals surface area contributed by atoms with Crippen LogP contribution in [0, 0.1) is 0 Å². The van der Waals surface area contributed by atoms with Gasteiger partial charge in [-0.05, 0) is 23.6 Å². The van der Waals surface area contributed by atoms with E-state index in [1.807, 2.05) is 13.8 Å². The van der Waals surface area contributed by atoms with Gasteiger partial charge in [0, 0.05) is 0 Å². The molecule has 0 atom stereocenters. The van der Waals surface area contributed by atoms with Crippen LogP contribution >= 0.6 is 34.8 Å². The highest BCUT2D eigenvalue weighted by Gasteiger charge is 2.30. The van der Waals surface area contributed by atoms with E-state index in [1.165, 1.54) is 12.1 Å². The molecule has 1 aromatic rings. The summed E-state index contributed by atoms with van der Waals surface area (Å²) >= 11 is 14.8. The van der Waals surface area contributed by atoms with Crippen LogP contribution in [0.5, 0.6) is 0 Å². The predicted molar refractivity (Wildman–Crippen MR) is 75.0 cm³/mol. The van der Waals surface area contributed by atoms with Gasteiger partial charge in [-0.25, -0.2) is 0 Å². The third-order valence-corrected chi connectivity index (χ3v) is 2.74. The highest BCUT2D eigenvalue weighted by atomic mass is 35.6. The maximum Gasteiger partial charge on any atom is 0.416 e. The molecule has 1 rings (SSSR count). The topological polar surface area (TPSA) is 43.1 Å². The standard InChI is InChI=1S/C10H11F3.C2H2Cl3NO/c1-7(2)8-3-5-9(6-4-8)10(11,12)13;3-2(4,5)1(6)7/h3-7H,1-2H3;(H2,6,7). The normalized spacial score (nSPS) is 11.8. The molecule has 1 amide bonds. The first-order valence-corrected chi connectivity index (χ1v) is 6.53. The van der Waals surface area contributed by atoms with Crippen molar-refractivity contribution in [2.24, 2.45) is 5.73 Å². The molecule has 0 heterocycles. The maximum atomic E-state index is 12.1. The molecule has 0 saturated carbocycles. The van der Waals surface area contributed by atoms with E-state index in [0.717, 1.165) is 17.7 Å². The number of nitrogens with two attached hydrogens (primary N) is 1. The number of hydrogen-bond donors (Lipinski definition) is 1. The summed E-state index contributed by atoms with van der Waals surface area (Å²) in [5.41, 5.74) is 4.87. The Morgan fingerprint density at radius 3 is 1.65 bits per heavy atom. The van der Waals surface area contributed by atoms with Gasteiger partial charge in [-0.1, -0.05) is 60.8 Å². The van der Waals surface area contributed by atoms with Crippen LogP contribution in [0.3, 0.4) is 0 Å². The molecule has 2 N–H and O–H groups in total. The van der Waals surface area contributed by atoms with Crippen molar-refractivity contribution >= 4 is 40.7 Å². The lowest BCUT2D eigenvalue weighted by Crippen LogP contribution is -2.27. The average Bonchev–Trinajstić information content (AvgIpc) is 2.27. The molecule has 114 valence electrons. The smallest absolute Gasteiger partial charge is 0.366 e. The Hall–Kier alpha value is -0.650. The first kappa shape index (κ1) is 19.4. The first-order chi connectivity index (χ1) is 8.85. The summed E-state index contributed by atoms with van der Waals surface area (Å²) in [6, 6.07) is 5.28. The van der Waals surface area contributed by atoms with Gasteiger partial charge >= 0.3 is 6.18 Å². The van der Waals surface area contributed by atoms with Crippen LogP contribution in [0.2, 0.25) is 0 Å². The molecule has 20 heavy (non-hydrogen) atoms. The Kier molecular flexibility index (Phi) is 7.14. The molecule has 2 nitrogen and oxygen atoms in total.